The van der Waals surface area contributed by atoms with Crippen molar-refractivity contribution in [1.29, 1.82) is 0 Å². The third-order valence-electron chi connectivity index (χ3n) is 8.64. The Labute approximate surface area is 165 Å². The summed E-state index contributed by atoms with van der Waals surface area (Å²) < 4.78 is 5.98. The molecule has 28 heavy (non-hydrogen) atoms. The minimum absolute atomic E-state index is 0.258. The molecule has 0 radical (unpaired) electrons. The van der Waals surface area contributed by atoms with Gasteiger partial charge in [0.1, 0.15) is 18.1 Å². The summed E-state index contributed by atoms with van der Waals surface area (Å²) in [4.78, 5) is 13.5. The molecule has 0 amide bonds. The lowest BCUT2D eigenvalue weighted by Crippen LogP contribution is -2.78. The molecule has 6 atom stereocenters. The van der Waals surface area contributed by atoms with E-state index in [0.29, 0.717) is 17.3 Å². The molecule has 0 unspecified atom stereocenters. The van der Waals surface area contributed by atoms with E-state index in [0.717, 1.165) is 29.9 Å². The van der Waals surface area contributed by atoms with Gasteiger partial charge in [0.25, 0.3) is 0 Å². The third kappa shape index (κ3) is 1.52. The number of anilines is 1. The van der Waals surface area contributed by atoms with Crippen LogP contribution < -0.4 is 5.32 Å². The number of hydrogen-bond donors (Lipinski definition) is 3. The van der Waals surface area contributed by atoms with E-state index in [4.69, 9.17) is 4.74 Å². The van der Waals surface area contributed by atoms with Gasteiger partial charge in [0.05, 0.1) is 32.7 Å². The Hall–Kier alpha value is -1.89. The van der Waals surface area contributed by atoms with E-state index in [1.54, 1.807) is 0 Å². The maximum Gasteiger partial charge on any atom is 0.316 e. The van der Waals surface area contributed by atoms with Crippen LogP contribution >= 0.6 is 0 Å². The number of carbonyl (C=O) groups excluding carboxylic acids is 1. The van der Waals surface area contributed by atoms with Gasteiger partial charge < -0.3 is 20.3 Å². The number of carbonyl (C=O) groups is 1. The van der Waals surface area contributed by atoms with E-state index in [-0.39, 0.29) is 18.5 Å². The lowest BCUT2D eigenvalue weighted by atomic mass is 9.45. The first-order valence-corrected chi connectivity index (χ1v) is 10.1. The lowest BCUT2D eigenvalue weighted by molar-refractivity contribution is -0.944. The fraction of sp³-hybridized carbons (Fsp3) is 0.591. The molecule has 5 aliphatic rings. The highest BCUT2D eigenvalue weighted by Crippen LogP contribution is 2.74. The zero-order valence-corrected chi connectivity index (χ0v) is 16.7. The number of likely N-dealkylation sites (N-methyl/N-ethyl adjacent to an activating group) is 1. The smallest absolute Gasteiger partial charge is 0.316 e. The molecule has 6 nitrogen and oxygen atoms in total. The first kappa shape index (κ1) is 18.2. The van der Waals surface area contributed by atoms with Gasteiger partial charge in [0.15, 0.2) is 0 Å². The van der Waals surface area contributed by atoms with Crippen molar-refractivity contribution in [2.75, 3.05) is 39.2 Å². The second-order valence-corrected chi connectivity index (χ2v) is 9.16. The molecule has 1 aromatic rings. The standard InChI is InChI=1S/C22H29N2O4/c1-4-14-12-24(2)10-9-21-15-7-5-6-8-17(15)23-22(21,24)18(26)11-16(14)20(21,13-25)19(27)28-3/h4-8,16,18,23,25-26H,9-13H2,1-3H3/q+1/b14-4-/t16-,18-,20-,21-,22-,24-/m0/s1. The first-order chi connectivity index (χ1) is 13.4. The van der Waals surface area contributed by atoms with Crippen LogP contribution in [0.5, 0.6) is 0 Å². The van der Waals surface area contributed by atoms with Crippen molar-refractivity contribution >= 4 is 11.7 Å². The maximum atomic E-state index is 13.5. The van der Waals surface area contributed by atoms with Crippen molar-refractivity contribution in [2.24, 2.45) is 11.3 Å². The number of nitrogens with zero attached hydrogens (tertiary/aromatic N) is 1. The molecule has 6 rings (SSSR count). The van der Waals surface area contributed by atoms with Crippen molar-refractivity contribution in [2.45, 2.75) is 36.9 Å². The van der Waals surface area contributed by atoms with E-state index in [1.165, 1.54) is 7.11 Å². The Morgan fingerprint density at radius 2 is 2.18 bits per heavy atom. The Morgan fingerprint density at radius 3 is 2.86 bits per heavy atom. The fourth-order valence-corrected chi connectivity index (χ4v) is 7.70. The van der Waals surface area contributed by atoms with Crippen LogP contribution in [0.2, 0.25) is 0 Å². The van der Waals surface area contributed by atoms with E-state index >= 15 is 0 Å². The Balaban J connectivity index is 1.96. The highest BCUT2D eigenvalue weighted by molar-refractivity contribution is 5.85. The molecule has 1 saturated carbocycles. The normalized spacial score (nSPS) is 46.7. The average molecular weight is 385 g/mol. The summed E-state index contributed by atoms with van der Waals surface area (Å²) in [5.41, 5.74) is 0.476. The highest BCUT2D eigenvalue weighted by Gasteiger charge is 2.88. The Morgan fingerprint density at radius 1 is 1.43 bits per heavy atom. The maximum absolute atomic E-state index is 13.5. The number of benzene rings is 1. The van der Waals surface area contributed by atoms with Gasteiger partial charge in [-0.15, -0.1) is 0 Å². The number of methoxy groups -OCH3 is 1. The van der Waals surface area contributed by atoms with Gasteiger partial charge in [0, 0.05) is 18.0 Å². The number of aliphatic hydroxyl groups is 2. The number of rotatable bonds is 2. The van der Waals surface area contributed by atoms with E-state index in [1.807, 2.05) is 25.1 Å². The van der Waals surface area contributed by atoms with Gasteiger partial charge in [-0.05, 0) is 30.5 Å². The van der Waals surface area contributed by atoms with Gasteiger partial charge in [-0.3, -0.25) is 9.28 Å². The van der Waals surface area contributed by atoms with Gasteiger partial charge in [-0.2, -0.15) is 0 Å². The monoisotopic (exact) mass is 385 g/mol. The predicted molar refractivity (Wildman–Crippen MR) is 104 cm³/mol. The second-order valence-electron chi connectivity index (χ2n) is 9.16. The van der Waals surface area contributed by atoms with E-state index < -0.39 is 22.6 Å². The quantitative estimate of drug-likeness (QED) is 0.407. The van der Waals surface area contributed by atoms with Crippen LogP contribution in [-0.4, -0.2) is 66.3 Å². The van der Waals surface area contributed by atoms with Crippen molar-refractivity contribution in [3.8, 4) is 0 Å². The molecular weight excluding hydrogens is 356 g/mol. The molecule has 3 saturated heterocycles. The molecule has 4 aliphatic heterocycles. The number of hydrogen-bond acceptors (Lipinski definition) is 5. The average Bonchev–Trinajstić information content (AvgIpc) is 3.12. The second kappa shape index (κ2) is 5.38. The minimum Gasteiger partial charge on any atom is -0.468 e. The molecule has 4 heterocycles. The number of fused-ring (bicyclic) bond motifs is 3. The summed E-state index contributed by atoms with van der Waals surface area (Å²) >= 11 is 0. The first-order valence-electron chi connectivity index (χ1n) is 10.1. The van der Waals surface area contributed by atoms with Gasteiger partial charge in [-0.1, -0.05) is 24.3 Å². The van der Waals surface area contributed by atoms with Crippen LogP contribution in [0.3, 0.4) is 0 Å². The van der Waals surface area contributed by atoms with Crippen LogP contribution in [-0.2, 0) is 14.9 Å². The largest absolute Gasteiger partial charge is 0.468 e. The van der Waals surface area contributed by atoms with Gasteiger partial charge >= 0.3 is 5.97 Å². The van der Waals surface area contributed by atoms with Crippen LogP contribution in [0.25, 0.3) is 0 Å². The molecule has 4 fully saturated rings. The molecule has 0 aromatic heterocycles. The summed E-state index contributed by atoms with van der Waals surface area (Å²) in [5, 5.41) is 26.2. The number of allylic oxidation sites excluding steroid dienone is 1. The van der Waals surface area contributed by atoms with Crippen molar-refractivity contribution in [3.63, 3.8) is 0 Å². The molecule has 3 N–H and O–H groups in total. The number of quaternary nitrogens is 1. The van der Waals surface area contributed by atoms with Gasteiger partial charge in [-0.25, -0.2) is 0 Å². The summed E-state index contributed by atoms with van der Waals surface area (Å²) in [6.07, 6.45) is 2.59. The third-order valence-corrected chi connectivity index (χ3v) is 8.64. The zero-order chi connectivity index (χ0) is 19.9. The predicted octanol–water partition coefficient (Wildman–Crippen LogP) is 1.39. The highest BCUT2D eigenvalue weighted by atomic mass is 16.5. The molecule has 150 valence electrons. The van der Waals surface area contributed by atoms with Crippen LogP contribution in [0.1, 0.15) is 25.3 Å². The number of para-hydroxylation sites is 1. The van der Waals surface area contributed by atoms with Gasteiger partial charge in [0.2, 0.25) is 5.66 Å². The van der Waals surface area contributed by atoms with Crippen molar-refractivity contribution in [1.82, 2.24) is 0 Å². The SMILES string of the molecule is C/C=C1/C[N@+]2(C)CC[C@@]34c5ccccc5N[C@]32[C@@H](O)C[C@@H]1[C@@]4(CO)C(=O)OC. The van der Waals surface area contributed by atoms with E-state index in [2.05, 4.69) is 24.5 Å². The Bertz CT molecular complexity index is 900. The van der Waals surface area contributed by atoms with E-state index in [9.17, 15) is 15.0 Å². The van der Waals surface area contributed by atoms with Crippen molar-refractivity contribution in [3.05, 3.63) is 41.5 Å². The lowest BCUT2D eigenvalue weighted by Gasteiger charge is -2.58. The molecular formula is C22H29N2O4+. The summed E-state index contributed by atoms with van der Waals surface area (Å²) in [5.74, 6) is -0.629. The summed E-state index contributed by atoms with van der Waals surface area (Å²) in [7, 11) is 3.59. The van der Waals surface area contributed by atoms with Crippen LogP contribution in [0, 0.1) is 11.3 Å². The van der Waals surface area contributed by atoms with Crippen LogP contribution in [0.15, 0.2) is 35.9 Å². The number of esters is 1. The zero-order valence-electron chi connectivity index (χ0n) is 16.7. The number of nitrogens with one attached hydrogen (secondary N) is 1. The fourth-order valence-electron chi connectivity index (χ4n) is 7.70. The Kier molecular flexibility index (Phi) is 3.49. The number of aliphatic hydroxyl groups excluding tert-OH is 2. The summed E-state index contributed by atoms with van der Waals surface area (Å²) in [6.45, 7) is 3.26. The molecule has 4 bridgehead atoms. The summed E-state index contributed by atoms with van der Waals surface area (Å²) in [6, 6.07) is 8.04. The van der Waals surface area contributed by atoms with Crippen molar-refractivity contribution < 1.29 is 24.2 Å². The topological polar surface area (TPSA) is 78.8 Å². The molecule has 1 aromatic carbocycles. The minimum atomic E-state index is -1.13. The molecule has 1 aliphatic carbocycles. The number of ether oxygens (including phenoxy) is 1. The molecule has 6 heteroatoms. The van der Waals surface area contributed by atoms with Crippen LogP contribution in [0.4, 0.5) is 5.69 Å². The molecule has 1 spiro atoms.